The number of hydrogen-bond acceptors (Lipinski definition) is 6. The molecule has 3 atom stereocenters. The third kappa shape index (κ3) is 3.96. The van der Waals surface area contributed by atoms with Gasteiger partial charge in [-0.05, 0) is 62.6 Å². The maximum Gasteiger partial charge on any atom is 0.337 e. The van der Waals surface area contributed by atoms with Crippen LogP contribution in [0.25, 0.3) is 0 Å². The normalized spacial score (nSPS) is 26.0. The minimum atomic E-state index is -0.970. The predicted octanol–water partition coefficient (Wildman–Crippen LogP) is 3.92. The van der Waals surface area contributed by atoms with Gasteiger partial charge in [0.2, 0.25) is 0 Å². The summed E-state index contributed by atoms with van der Waals surface area (Å²) in [4.78, 5) is 39.3. The van der Waals surface area contributed by atoms with Gasteiger partial charge in [-0.2, -0.15) is 0 Å². The van der Waals surface area contributed by atoms with Gasteiger partial charge in [-0.15, -0.1) is 0 Å². The lowest BCUT2D eigenvalue weighted by Crippen LogP contribution is -2.43. The average Bonchev–Trinajstić information content (AvgIpc) is 3.25. The summed E-state index contributed by atoms with van der Waals surface area (Å²) in [5.74, 6) is -4.03. The first kappa shape index (κ1) is 22.2. The molecule has 1 aromatic rings. The van der Waals surface area contributed by atoms with Crippen molar-refractivity contribution in [2.24, 2.45) is 11.8 Å². The highest BCUT2D eigenvalue weighted by Crippen LogP contribution is 2.45. The molecule has 7 heteroatoms. The largest absolute Gasteiger partial charge is 0.468 e. The first-order valence-corrected chi connectivity index (χ1v) is 11.1. The van der Waals surface area contributed by atoms with Gasteiger partial charge in [0.25, 0.3) is 0 Å². The minimum absolute atomic E-state index is 0.156. The quantitative estimate of drug-likeness (QED) is 0.563. The fourth-order valence-corrected chi connectivity index (χ4v) is 5.19. The summed E-state index contributed by atoms with van der Waals surface area (Å²) in [5, 5.41) is 3.22. The van der Waals surface area contributed by atoms with Gasteiger partial charge in [0, 0.05) is 22.9 Å². The zero-order valence-corrected chi connectivity index (χ0v) is 18.6. The summed E-state index contributed by atoms with van der Waals surface area (Å²) in [7, 11) is 1.25. The van der Waals surface area contributed by atoms with Crippen LogP contribution in [0, 0.1) is 17.7 Å². The van der Waals surface area contributed by atoms with Crippen LogP contribution >= 0.6 is 0 Å². The number of hydrogen-bond donors (Lipinski definition) is 1. The van der Waals surface area contributed by atoms with Gasteiger partial charge >= 0.3 is 11.9 Å². The summed E-state index contributed by atoms with van der Waals surface area (Å²) in [5.41, 5.74) is 2.31. The van der Waals surface area contributed by atoms with E-state index in [4.69, 9.17) is 9.47 Å². The maximum absolute atomic E-state index is 14.2. The number of methoxy groups -OCH3 is 1. The van der Waals surface area contributed by atoms with Gasteiger partial charge < -0.3 is 14.8 Å². The van der Waals surface area contributed by atoms with Crippen LogP contribution in [0.2, 0.25) is 0 Å². The Balaban J connectivity index is 1.81. The molecule has 1 aromatic carbocycles. The van der Waals surface area contributed by atoms with Crippen molar-refractivity contribution in [3.63, 3.8) is 0 Å². The molecule has 2 aliphatic carbocycles. The second kappa shape index (κ2) is 8.88. The van der Waals surface area contributed by atoms with E-state index in [0.29, 0.717) is 29.0 Å². The van der Waals surface area contributed by atoms with Crippen molar-refractivity contribution in [2.45, 2.75) is 58.0 Å². The van der Waals surface area contributed by atoms with Crippen molar-refractivity contribution in [2.75, 3.05) is 7.11 Å². The van der Waals surface area contributed by atoms with Crippen LogP contribution in [-0.4, -0.2) is 30.9 Å². The van der Waals surface area contributed by atoms with Gasteiger partial charge in [0.15, 0.2) is 5.78 Å². The van der Waals surface area contributed by atoms with Crippen molar-refractivity contribution >= 4 is 17.7 Å². The van der Waals surface area contributed by atoms with E-state index in [2.05, 4.69) is 5.32 Å². The van der Waals surface area contributed by atoms with Crippen LogP contribution in [0.15, 0.2) is 46.8 Å². The topological polar surface area (TPSA) is 81.7 Å². The van der Waals surface area contributed by atoms with Gasteiger partial charge in [0.05, 0.1) is 12.7 Å². The number of ether oxygens (including phenoxy) is 2. The fraction of sp³-hybridized carbons (Fsp3) is 0.480. The molecule has 170 valence electrons. The molecular weight excluding hydrogens is 413 g/mol. The van der Waals surface area contributed by atoms with E-state index >= 15 is 0 Å². The van der Waals surface area contributed by atoms with Gasteiger partial charge in [-0.3, -0.25) is 9.59 Å². The van der Waals surface area contributed by atoms with Gasteiger partial charge in [-0.1, -0.05) is 19.1 Å². The van der Waals surface area contributed by atoms with Crippen LogP contribution < -0.4 is 5.32 Å². The van der Waals surface area contributed by atoms with E-state index in [0.717, 1.165) is 25.7 Å². The molecule has 6 nitrogen and oxygen atoms in total. The fourth-order valence-electron chi connectivity index (χ4n) is 5.19. The Hall–Kier alpha value is -2.96. The maximum atomic E-state index is 14.2. The molecule has 1 saturated carbocycles. The van der Waals surface area contributed by atoms with Crippen molar-refractivity contribution in [3.05, 3.63) is 58.2 Å². The minimum Gasteiger partial charge on any atom is -0.468 e. The molecule has 0 saturated heterocycles. The third-order valence-electron chi connectivity index (χ3n) is 6.72. The Morgan fingerprint density at radius 1 is 1.19 bits per heavy atom. The molecular formula is C25H28FNO5. The number of allylic oxidation sites excluding steroid dienone is 3. The summed E-state index contributed by atoms with van der Waals surface area (Å²) in [6.07, 6.45) is 3.92. The Morgan fingerprint density at radius 3 is 2.56 bits per heavy atom. The van der Waals surface area contributed by atoms with Crippen LogP contribution in [0.3, 0.4) is 0 Å². The number of esters is 2. The van der Waals surface area contributed by atoms with Crippen LogP contribution in [0.5, 0.6) is 0 Å². The standard InChI is InChI=1S/C25H28FNO5/c1-13-11-18-22(23(28)19(13)24(29)31-3)21(15-7-6-8-16(26)12-15)20(14(2)27-18)25(30)32-17-9-4-5-10-17/h6-8,12-13,17,19,21,27H,4-5,9-11H2,1-3H3/t13-,19-,21-/m1/s1. The van der Waals surface area contributed by atoms with E-state index < -0.39 is 35.4 Å². The molecule has 3 aliphatic rings. The molecule has 1 fully saturated rings. The predicted molar refractivity (Wildman–Crippen MR) is 115 cm³/mol. The number of Topliss-reactive ketones (excluding diaryl/α,β-unsaturated/α-hetero) is 1. The molecule has 0 unspecified atom stereocenters. The van der Waals surface area contributed by atoms with Crippen LogP contribution in [-0.2, 0) is 23.9 Å². The molecule has 1 N–H and O–H groups in total. The van der Waals surface area contributed by atoms with Crippen molar-refractivity contribution in [3.8, 4) is 0 Å². The lowest BCUT2D eigenvalue weighted by molar-refractivity contribution is -0.151. The first-order chi connectivity index (χ1) is 15.3. The van der Waals surface area contributed by atoms with Crippen LogP contribution in [0.1, 0.15) is 57.4 Å². The highest BCUT2D eigenvalue weighted by molar-refractivity contribution is 6.12. The molecule has 1 heterocycles. The Morgan fingerprint density at radius 2 is 1.91 bits per heavy atom. The Kier molecular flexibility index (Phi) is 6.17. The lowest BCUT2D eigenvalue weighted by Gasteiger charge is -2.38. The number of carbonyl (C=O) groups is 3. The lowest BCUT2D eigenvalue weighted by atomic mass is 9.69. The Bertz CT molecular complexity index is 1020. The number of carbonyl (C=O) groups excluding carboxylic acids is 3. The van der Waals surface area contributed by atoms with E-state index in [1.165, 1.54) is 19.2 Å². The number of halogens is 1. The summed E-state index contributed by atoms with van der Waals surface area (Å²) < 4.78 is 24.9. The molecule has 0 amide bonds. The Labute approximate surface area is 186 Å². The summed E-state index contributed by atoms with van der Waals surface area (Å²) in [6, 6.07) is 5.89. The number of benzene rings is 1. The molecule has 1 aliphatic heterocycles. The average molecular weight is 441 g/mol. The number of dihydropyridines is 1. The number of ketones is 1. The molecule has 0 bridgehead atoms. The second-order valence-corrected chi connectivity index (χ2v) is 8.90. The highest BCUT2D eigenvalue weighted by Gasteiger charge is 2.47. The van der Waals surface area contributed by atoms with E-state index in [1.807, 2.05) is 6.92 Å². The van der Waals surface area contributed by atoms with Gasteiger partial charge in [0.1, 0.15) is 17.8 Å². The molecule has 0 radical (unpaired) electrons. The van der Waals surface area contributed by atoms with Gasteiger partial charge in [-0.25, -0.2) is 9.18 Å². The molecule has 4 rings (SSSR count). The highest BCUT2D eigenvalue weighted by atomic mass is 19.1. The molecule has 0 spiro atoms. The summed E-state index contributed by atoms with van der Waals surface area (Å²) in [6.45, 7) is 3.59. The third-order valence-corrected chi connectivity index (χ3v) is 6.72. The van der Waals surface area contributed by atoms with Crippen molar-refractivity contribution in [1.82, 2.24) is 5.32 Å². The zero-order valence-electron chi connectivity index (χ0n) is 18.6. The van der Waals surface area contributed by atoms with Crippen LogP contribution in [0.4, 0.5) is 4.39 Å². The summed E-state index contributed by atoms with van der Waals surface area (Å²) >= 11 is 0. The second-order valence-electron chi connectivity index (χ2n) is 8.90. The molecule has 32 heavy (non-hydrogen) atoms. The van der Waals surface area contributed by atoms with E-state index in [-0.39, 0.29) is 17.6 Å². The van der Waals surface area contributed by atoms with E-state index in [1.54, 1.807) is 19.1 Å². The monoisotopic (exact) mass is 441 g/mol. The molecule has 0 aromatic heterocycles. The van der Waals surface area contributed by atoms with Crippen molar-refractivity contribution < 1.29 is 28.2 Å². The SMILES string of the molecule is COC(=O)[C@H]1C(=O)C2=C(C[C@H]1C)NC(C)=C(C(=O)OC1CCCC1)[C@H]2c1cccc(F)c1. The smallest absolute Gasteiger partial charge is 0.337 e. The number of rotatable bonds is 4. The number of nitrogens with one attached hydrogen (secondary N) is 1. The zero-order chi connectivity index (χ0) is 23.0. The van der Waals surface area contributed by atoms with E-state index in [9.17, 15) is 18.8 Å². The van der Waals surface area contributed by atoms with Crippen molar-refractivity contribution in [1.29, 1.82) is 0 Å². The first-order valence-electron chi connectivity index (χ1n) is 11.1.